The minimum absolute atomic E-state index is 0.0434. The summed E-state index contributed by atoms with van der Waals surface area (Å²) < 4.78 is 24.7. The van der Waals surface area contributed by atoms with Crippen LogP contribution < -0.4 is 10.6 Å². The number of nitrogens with zero attached hydrogens (tertiary/aromatic N) is 3. The van der Waals surface area contributed by atoms with Crippen molar-refractivity contribution in [2.45, 2.75) is 25.9 Å². The number of hydrogen-bond acceptors (Lipinski definition) is 4. The predicted octanol–water partition coefficient (Wildman–Crippen LogP) is -0.456. The number of nitrogens with one attached hydrogen (secondary N) is 2. The molecule has 0 amide bonds. The van der Waals surface area contributed by atoms with Gasteiger partial charge in [-0.3, -0.25) is 9.67 Å². The quantitative estimate of drug-likeness (QED) is 0.580. The van der Waals surface area contributed by atoms with Gasteiger partial charge in [-0.05, 0) is 18.9 Å². The van der Waals surface area contributed by atoms with Gasteiger partial charge in [0.2, 0.25) is 0 Å². The van der Waals surface area contributed by atoms with Crippen molar-refractivity contribution < 1.29 is 8.42 Å². The van der Waals surface area contributed by atoms with Crippen LogP contribution in [0.25, 0.3) is 0 Å². The highest BCUT2D eigenvalue weighted by molar-refractivity contribution is 7.91. The topological polar surface area (TPSA) is 88.4 Å². The molecule has 1 unspecified atom stereocenters. The minimum atomic E-state index is -2.87. The van der Waals surface area contributed by atoms with Crippen molar-refractivity contribution in [2.75, 3.05) is 25.1 Å². The third-order valence-corrected chi connectivity index (χ3v) is 4.96. The SMILES string of the molecule is CN=C(NCCn1cc(C)cn1)NC1CCS(=O)(=O)C1. The van der Waals surface area contributed by atoms with Crippen molar-refractivity contribution in [3.05, 3.63) is 18.0 Å². The molecule has 1 aliphatic heterocycles. The van der Waals surface area contributed by atoms with Crippen LogP contribution in [0.3, 0.4) is 0 Å². The lowest BCUT2D eigenvalue weighted by Gasteiger charge is -2.16. The Morgan fingerprint density at radius 2 is 2.40 bits per heavy atom. The summed E-state index contributed by atoms with van der Waals surface area (Å²) >= 11 is 0. The second kappa shape index (κ2) is 6.25. The molecule has 1 aliphatic rings. The lowest BCUT2D eigenvalue weighted by atomic mass is 10.3. The zero-order valence-electron chi connectivity index (χ0n) is 11.8. The van der Waals surface area contributed by atoms with E-state index in [1.165, 1.54) is 0 Å². The minimum Gasteiger partial charge on any atom is -0.355 e. The fourth-order valence-electron chi connectivity index (χ4n) is 2.17. The molecule has 2 N–H and O–H groups in total. The number of rotatable bonds is 4. The number of aryl methyl sites for hydroxylation is 1. The van der Waals surface area contributed by atoms with Gasteiger partial charge in [-0.15, -0.1) is 0 Å². The zero-order valence-corrected chi connectivity index (χ0v) is 12.7. The Labute approximate surface area is 119 Å². The molecule has 8 heteroatoms. The van der Waals surface area contributed by atoms with Crippen molar-refractivity contribution in [3.8, 4) is 0 Å². The summed E-state index contributed by atoms with van der Waals surface area (Å²) in [7, 11) is -1.19. The molecule has 0 saturated carbocycles. The van der Waals surface area contributed by atoms with Crippen LogP contribution in [0.5, 0.6) is 0 Å². The van der Waals surface area contributed by atoms with Gasteiger partial charge >= 0.3 is 0 Å². The summed E-state index contributed by atoms with van der Waals surface area (Å²) in [5.41, 5.74) is 1.13. The maximum Gasteiger partial charge on any atom is 0.191 e. The molecule has 0 aromatic carbocycles. The molecule has 2 heterocycles. The van der Waals surface area contributed by atoms with Gasteiger partial charge in [0.1, 0.15) is 0 Å². The molecule has 1 aromatic rings. The van der Waals surface area contributed by atoms with Crippen LogP contribution in [0.4, 0.5) is 0 Å². The van der Waals surface area contributed by atoms with Gasteiger partial charge in [0.05, 0.1) is 24.2 Å². The monoisotopic (exact) mass is 299 g/mol. The van der Waals surface area contributed by atoms with E-state index in [-0.39, 0.29) is 17.5 Å². The summed E-state index contributed by atoms with van der Waals surface area (Å²) in [6.45, 7) is 3.41. The number of aliphatic imine (C=N–C) groups is 1. The highest BCUT2D eigenvalue weighted by atomic mass is 32.2. The molecular weight excluding hydrogens is 278 g/mol. The molecule has 0 aliphatic carbocycles. The second-order valence-corrected chi connectivity index (χ2v) is 7.25. The van der Waals surface area contributed by atoms with Crippen LogP contribution in [-0.2, 0) is 16.4 Å². The molecule has 1 aromatic heterocycles. The first kappa shape index (κ1) is 14.8. The average Bonchev–Trinajstić information content (AvgIpc) is 2.94. The van der Waals surface area contributed by atoms with Gasteiger partial charge in [0.25, 0.3) is 0 Å². The second-order valence-electron chi connectivity index (χ2n) is 5.02. The Morgan fingerprint density at radius 3 is 2.95 bits per heavy atom. The van der Waals surface area contributed by atoms with E-state index < -0.39 is 9.84 Å². The lowest BCUT2D eigenvalue weighted by molar-refractivity contribution is 0.586. The molecule has 7 nitrogen and oxygen atoms in total. The van der Waals surface area contributed by atoms with Crippen molar-refractivity contribution in [2.24, 2.45) is 4.99 Å². The molecule has 1 atom stereocenters. The normalized spacial score (nSPS) is 21.9. The van der Waals surface area contributed by atoms with Crippen molar-refractivity contribution in [3.63, 3.8) is 0 Å². The van der Waals surface area contributed by atoms with Gasteiger partial charge in [-0.25, -0.2) is 8.42 Å². The third kappa shape index (κ3) is 4.22. The highest BCUT2D eigenvalue weighted by Crippen LogP contribution is 2.10. The Morgan fingerprint density at radius 1 is 1.60 bits per heavy atom. The van der Waals surface area contributed by atoms with Crippen LogP contribution in [0.2, 0.25) is 0 Å². The van der Waals surface area contributed by atoms with E-state index in [1.807, 2.05) is 24.0 Å². The van der Waals surface area contributed by atoms with Crippen molar-refractivity contribution in [1.82, 2.24) is 20.4 Å². The Bertz CT molecular complexity index is 578. The summed E-state index contributed by atoms with van der Waals surface area (Å²) in [5, 5.41) is 10.5. The van der Waals surface area contributed by atoms with E-state index in [1.54, 1.807) is 7.05 Å². The molecule has 0 radical (unpaired) electrons. The molecule has 112 valence electrons. The van der Waals surface area contributed by atoms with Gasteiger partial charge in [0, 0.05) is 25.8 Å². The molecule has 20 heavy (non-hydrogen) atoms. The van der Waals surface area contributed by atoms with Gasteiger partial charge in [-0.1, -0.05) is 0 Å². The Balaban J connectivity index is 1.76. The van der Waals surface area contributed by atoms with Gasteiger partial charge in [-0.2, -0.15) is 5.10 Å². The number of sulfone groups is 1. The maximum absolute atomic E-state index is 11.4. The molecule has 2 rings (SSSR count). The van der Waals surface area contributed by atoms with E-state index in [9.17, 15) is 8.42 Å². The predicted molar refractivity (Wildman–Crippen MR) is 78.5 cm³/mol. The van der Waals surface area contributed by atoms with Crippen molar-refractivity contribution >= 4 is 15.8 Å². The number of hydrogen-bond donors (Lipinski definition) is 2. The first-order valence-corrected chi connectivity index (χ1v) is 8.47. The summed E-state index contributed by atoms with van der Waals surface area (Å²) in [5.74, 6) is 1.08. The summed E-state index contributed by atoms with van der Waals surface area (Å²) in [4.78, 5) is 4.11. The maximum atomic E-state index is 11.4. The van der Waals surface area contributed by atoms with E-state index in [4.69, 9.17) is 0 Å². The largest absolute Gasteiger partial charge is 0.355 e. The molecule has 0 spiro atoms. The zero-order chi connectivity index (χ0) is 14.6. The fourth-order valence-corrected chi connectivity index (χ4v) is 3.85. The highest BCUT2D eigenvalue weighted by Gasteiger charge is 2.28. The summed E-state index contributed by atoms with van der Waals surface area (Å²) in [6.07, 6.45) is 4.43. The number of guanidine groups is 1. The van der Waals surface area contributed by atoms with Crippen LogP contribution in [0.15, 0.2) is 17.4 Å². The lowest BCUT2D eigenvalue weighted by Crippen LogP contribution is -2.44. The van der Waals surface area contributed by atoms with Crippen LogP contribution in [0.1, 0.15) is 12.0 Å². The first-order valence-electron chi connectivity index (χ1n) is 6.65. The number of aromatic nitrogens is 2. The van der Waals surface area contributed by atoms with Crippen LogP contribution in [0, 0.1) is 6.92 Å². The Hall–Kier alpha value is -1.57. The Kier molecular flexibility index (Phi) is 4.64. The smallest absolute Gasteiger partial charge is 0.191 e. The third-order valence-electron chi connectivity index (χ3n) is 3.19. The van der Waals surface area contributed by atoms with Crippen LogP contribution >= 0.6 is 0 Å². The molecule has 0 bridgehead atoms. The van der Waals surface area contributed by atoms with Crippen molar-refractivity contribution in [1.29, 1.82) is 0 Å². The first-order chi connectivity index (χ1) is 9.48. The molecular formula is C12H21N5O2S. The van der Waals surface area contributed by atoms with E-state index in [0.717, 1.165) is 12.1 Å². The molecule has 1 saturated heterocycles. The van der Waals surface area contributed by atoms with E-state index in [2.05, 4.69) is 20.7 Å². The molecule has 1 fully saturated rings. The standard InChI is InChI=1S/C12H21N5O2S/c1-10-7-15-17(8-10)5-4-14-12(13-2)16-11-3-6-20(18,19)9-11/h7-8,11H,3-6,9H2,1-2H3,(H2,13,14,16). The average molecular weight is 299 g/mol. The van der Waals surface area contributed by atoms with E-state index in [0.29, 0.717) is 18.9 Å². The van der Waals surface area contributed by atoms with Crippen LogP contribution in [-0.4, -0.2) is 55.3 Å². The fraction of sp³-hybridized carbons (Fsp3) is 0.667. The van der Waals surface area contributed by atoms with Gasteiger partial charge < -0.3 is 10.6 Å². The van der Waals surface area contributed by atoms with E-state index >= 15 is 0 Å². The van der Waals surface area contributed by atoms with Gasteiger partial charge in [0.15, 0.2) is 15.8 Å². The summed E-state index contributed by atoms with van der Waals surface area (Å²) in [6, 6.07) is -0.0434.